The Morgan fingerprint density at radius 1 is 0.705 bits per heavy atom. The number of esters is 1. The molecule has 0 amide bonds. The fourth-order valence-electron chi connectivity index (χ4n) is 4.49. The molecule has 0 radical (unpaired) electrons. The third-order valence-electron chi connectivity index (χ3n) is 7.31. The minimum absolute atomic E-state index is 0.0236. The normalized spacial score (nSPS) is 14.4. The maximum absolute atomic E-state index is 12.1. The number of quaternary nitrogens is 1. The van der Waals surface area contributed by atoms with Crippen molar-refractivity contribution in [2.45, 2.75) is 142 Å². The summed E-state index contributed by atoms with van der Waals surface area (Å²) in [5, 5.41) is 0. The number of unbranched alkanes of at least 4 members (excludes halogenated alkanes) is 15. The summed E-state index contributed by atoms with van der Waals surface area (Å²) in [6.45, 7) is 4.81. The van der Waals surface area contributed by atoms with Gasteiger partial charge in [0, 0.05) is 13.0 Å². The van der Waals surface area contributed by atoms with Crippen LogP contribution in [0.15, 0.2) is 24.3 Å². The first-order valence-electron chi connectivity index (χ1n) is 17.6. The molecule has 8 nitrogen and oxygen atoms in total. The van der Waals surface area contributed by atoms with Crippen molar-refractivity contribution in [3.8, 4) is 0 Å². The molecule has 44 heavy (non-hydrogen) atoms. The Balaban J connectivity index is 3.73. The number of ether oxygens (including phenoxy) is 2. The number of likely N-dealkylation sites (N-methyl/N-ethyl adjacent to an activating group) is 1. The number of phosphoric ester groups is 1. The average Bonchev–Trinajstić information content (AvgIpc) is 2.97. The Bertz CT molecular complexity index is 767. The molecule has 0 aromatic carbocycles. The Morgan fingerprint density at radius 3 is 1.75 bits per heavy atom. The summed E-state index contributed by atoms with van der Waals surface area (Å²) >= 11 is 0. The molecule has 0 aliphatic carbocycles. The summed E-state index contributed by atoms with van der Waals surface area (Å²) in [7, 11) is 1.34. The maximum Gasteiger partial charge on any atom is 0.305 e. The molecule has 9 heteroatoms. The minimum Gasteiger partial charge on any atom is -0.756 e. The van der Waals surface area contributed by atoms with Gasteiger partial charge in [0.25, 0.3) is 7.82 Å². The second-order valence-corrected chi connectivity index (χ2v) is 14.2. The van der Waals surface area contributed by atoms with Crippen LogP contribution in [0.5, 0.6) is 0 Å². The molecule has 0 heterocycles. The van der Waals surface area contributed by atoms with E-state index in [1.54, 1.807) is 6.92 Å². The zero-order valence-electron chi connectivity index (χ0n) is 29.1. The van der Waals surface area contributed by atoms with Gasteiger partial charge in [0.05, 0.1) is 34.4 Å². The van der Waals surface area contributed by atoms with Crippen LogP contribution in [0.4, 0.5) is 0 Å². The SMILES string of the molecule is CCCCCCC/C=C\C/C=C\CCCCCCCCCCCCOCC(COP(=O)([O-])OCC[N+](C)(C)C)OC(=O)CC. The van der Waals surface area contributed by atoms with E-state index in [-0.39, 0.29) is 26.2 Å². The molecule has 2 unspecified atom stereocenters. The summed E-state index contributed by atoms with van der Waals surface area (Å²) in [6.07, 6.45) is 31.3. The van der Waals surface area contributed by atoms with Crippen molar-refractivity contribution in [3.05, 3.63) is 24.3 Å². The molecule has 0 rings (SSSR count). The molecule has 0 N–H and O–H groups in total. The van der Waals surface area contributed by atoms with Gasteiger partial charge in [-0.2, -0.15) is 0 Å². The molecule has 2 atom stereocenters. The van der Waals surface area contributed by atoms with E-state index in [9.17, 15) is 14.3 Å². The van der Waals surface area contributed by atoms with Crippen molar-refractivity contribution in [1.82, 2.24) is 0 Å². The number of hydrogen-bond donors (Lipinski definition) is 0. The van der Waals surface area contributed by atoms with Crippen LogP contribution < -0.4 is 4.89 Å². The maximum atomic E-state index is 12.1. The Hall–Kier alpha value is -1.02. The standard InChI is InChI=1S/C35H68NO7P/c1-6-8-9-10-11-12-13-14-15-16-17-18-19-20-21-22-23-24-25-26-27-28-30-40-32-34(43-35(37)7-2)33-42-44(38,39)41-31-29-36(3,4)5/h13-14,16-17,34H,6-12,15,18-33H2,1-5H3/b14-13-,17-16-. The van der Waals surface area contributed by atoms with E-state index in [2.05, 4.69) is 31.2 Å². The van der Waals surface area contributed by atoms with Crippen molar-refractivity contribution in [1.29, 1.82) is 0 Å². The third-order valence-corrected chi connectivity index (χ3v) is 8.27. The topological polar surface area (TPSA) is 94.1 Å². The van der Waals surface area contributed by atoms with Crippen molar-refractivity contribution in [3.63, 3.8) is 0 Å². The molecule has 0 aromatic heterocycles. The van der Waals surface area contributed by atoms with Crippen molar-refractivity contribution < 1.29 is 37.3 Å². The molecule has 0 spiro atoms. The lowest BCUT2D eigenvalue weighted by atomic mass is 10.1. The largest absolute Gasteiger partial charge is 0.756 e. The molecule has 0 bridgehead atoms. The van der Waals surface area contributed by atoms with E-state index in [1.807, 2.05) is 21.1 Å². The highest BCUT2D eigenvalue weighted by Gasteiger charge is 2.19. The van der Waals surface area contributed by atoms with Gasteiger partial charge in [0.1, 0.15) is 19.3 Å². The molecule has 260 valence electrons. The van der Waals surface area contributed by atoms with Gasteiger partial charge in [-0.25, -0.2) is 0 Å². The first-order chi connectivity index (χ1) is 21.1. The lowest BCUT2D eigenvalue weighted by Gasteiger charge is -2.28. The molecule has 0 aliphatic rings. The monoisotopic (exact) mass is 645 g/mol. The molecule has 0 fully saturated rings. The first kappa shape index (κ1) is 43.0. The van der Waals surface area contributed by atoms with Crippen LogP contribution >= 0.6 is 7.82 Å². The van der Waals surface area contributed by atoms with Crippen LogP contribution in [0.25, 0.3) is 0 Å². The van der Waals surface area contributed by atoms with Gasteiger partial charge < -0.3 is 27.9 Å². The summed E-state index contributed by atoms with van der Waals surface area (Å²) in [5.74, 6) is -0.423. The smallest absolute Gasteiger partial charge is 0.305 e. The Morgan fingerprint density at radius 2 is 1.23 bits per heavy atom. The van der Waals surface area contributed by atoms with Crippen molar-refractivity contribution in [2.24, 2.45) is 0 Å². The highest BCUT2D eigenvalue weighted by Crippen LogP contribution is 2.38. The Labute approximate surface area is 271 Å². The number of nitrogens with zero attached hydrogens (tertiary/aromatic N) is 1. The fourth-order valence-corrected chi connectivity index (χ4v) is 5.22. The van der Waals surface area contributed by atoms with Gasteiger partial charge in [-0.3, -0.25) is 9.36 Å². The number of hydrogen-bond acceptors (Lipinski definition) is 7. The summed E-state index contributed by atoms with van der Waals surface area (Å²) < 4.78 is 33.5. The quantitative estimate of drug-likeness (QED) is 0.0238. The van der Waals surface area contributed by atoms with Crippen LogP contribution in [0.2, 0.25) is 0 Å². The predicted molar refractivity (Wildman–Crippen MR) is 180 cm³/mol. The molecular weight excluding hydrogens is 577 g/mol. The highest BCUT2D eigenvalue weighted by molar-refractivity contribution is 7.45. The minimum atomic E-state index is -4.48. The van der Waals surface area contributed by atoms with Gasteiger partial charge in [0.2, 0.25) is 0 Å². The van der Waals surface area contributed by atoms with E-state index in [0.717, 1.165) is 19.3 Å². The lowest BCUT2D eigenvalue weighted by Crippen LogP contribution is -2.37. The van der Waals surface area contributed by atoms with Crippen LogP contribution in [-0.4, -0.2) is 70.7 Å². The second kappa shape index (κ2) is 29.4. The van der Waals surface area contributed by atoms with E-state index >= 15 is 0 Å². The van der Waals surface area contributed by atoms with Crippen LogP contribution in [-0.2, 0) is 27.9 Å². The number of allylic oxidation sites excluding steroid dienone is 4. The zero-order valence-corrected chi connectivity index (χ0v) is 30.0. The predicted octanol–water partition coefficient (Wildman–Crippen LogP) is 8.69. The van der Waals surface area contributed by atoms with Gasteiger partial charge in [-0.1, -0.05) is 115 Å². The van der Waals surface area contributed by atoms with E-state index in [1.165, 1.54) is 96.3 Å². The van der Waals surface area contributed by atoms with Crippen molar-refractivity contribution >= 4 is 13.8 Å². The zero-order chi connectivity index (χ0) is 32.8. The third kappa shape index (κ3) is 32.4. The van der Waals surface area contributed by atoms with Gasteiger partial charge >= 0.3 is 5.97 Å². The lowest BCUT2D eigenvalue weighted by molar-refractivity contribution is -0.870. The van der Waals surface area contributed by atoms with E-state index in [4.69, 9.17) is 18.5 Å². The molecule has 0 aromatic rings. The summed E-state index contributed by atoms with van der Waals surface area (Å²) in [6, 6.07) is 0. The van der Waals surface area contributed by atoms with E-state index < -0.39 is 19.9 Å². The summed E-state index contributed by atoms with van der Waals surface area (Å²) in [5.41, 5.74) is 0. The molecule has 0 aliphatic heterocycles. The molecular formula is C35H68NO7P. The van der Waals surface area contributed by atoms with E-state index in [0.29, 0.717) is 17.6 Å². The fraction of sp³-hybridized carbons (Fsp3) is 0.857. The average molecular weight is 646 g/mol. The van der Waals surface area contributed by atoms with Crippen LogP contribution in [0, 0.1) is 0 Å². The van der Waals surface area contributed by atoms with Gasteiger partial charge in [-0.05, 0) is 38.5 Å². The number of rotatable bonds is 32. The second-order valence-electron chi connectivity index (χ2n) is 12.8. The van der Waals surface area contributed by atoms with Crippen LogP contribution in [0.3, 0.4) is 0 Å². The number of phosphoric acid groups is 1. The Kier molecular flexibility index (Phi) is 28.7. The van der Waals surface area contributed by atoms with Crippen LogP contribution in [0.1, 0.15) is 136 Å². The number of carbonyl (C=O) groups excluding carboxylic acids is 1. The molecule has 0 saturated carbocycles. The first-order valence-corrected chi connectivity index (χ1v) is 19.0. The molecule has 0 saturated heterocycles. The van der Waals surface area contributed by atoms with Crippen molar-refractivity contribution in [2.75, 3.05) is 54.1 Å². The highest BCUT2D eigenvalue weighted by atomic mass is 31.2. The number of carbonyl (C=O) groups is 1. The van der Waals surface area contributed by atoms with Gasteiger partial charge in [-0.15, -0.1) is 0 Å². The van der Waals surface area contributed by atoms with Gasteiger partial charge in [0.15, 0.2) is 0 Å². The summed E-state index contributed by atoms with van der Waals surface area (Å²) in [4.78, 5) is 23.8.